The molecule has 1 atom stereocenters. The number of aromatic nitrogens is 2. The molecule has 116 valence electrons. The second-order valence-corrected chi connectivity index (χ2v) is 5.46. The molecule has 1 N–H and O–H groups in total. The third-order valence-corrected chi connectivity index (χ3v) is 4.64. The van der Waals surface area contributed by atoms with Gasteiger partial charge in [0.25, 0.3) is 0 Å². The van der Waals surface area contributed by atoms with Crippen molar-refractivity contribution in [2.45, 2.75) is 58.3 Å². The van der Waals surface area contributed by atoms with Gasteiger partial charge in [0.1, 0.15) is 5.82 Å². The summed E-state index contributed by atoms with van der Waals surface area (Å²) in [5.41, 5.74) is 1.62. The number of fused-ring (bicyclic) bond motifs is 1. The monoisotopic (exact) mass is 290 g/mol. The largest absolute Gasteiger partial charge is 0.390 e. The normalized spacial score (nSPS) is 13.8. The molecular formula is C17H26N2O2. The van der Waals surface area contributed by atoms with Gasteiger partial charge in [-0.1, -0.05) is 26.0 Å². The van der Waals surface area contributed by atoms with Gasteiger partial charge in [-0.15, -0.1) is 0 Å². The maximum Gasteiger partial charge on any atom is 0.112 e. The predicted octanol–water partition coefficient (Wildman–Crippen LogP) is 3.16. The van der Waals surface area contributed by atoms with Crippen LogP contribution >= 0.6 is 0 Å². The van der Waals surface area contributed by atoms with Crippen molar-refractivity contribution in [2.24, 2.45) is 0 Å². The molecule has 0 aliphatic carbocycles. The molecule has 1 unspecified atom stereocenters. The summed E-state index contributed by atoms with van der Waals surface area (Å²) < 4.78 is 7.80. The lowest BCUT2D eigenvalue weighted by molar-refractivity contribution is -0.107. The second kappa shape index (κ2) is 6.58. The average molecular weight is 290 g/mol. The minimum atomic E-state index is -0.556. The molecular weight excluding hydrogens is 264 g/mol. The Bertz CT molecular complexity index is 579. The lowest BCUT2D eigenvalue weighted by Crippen LogP contribution is -2.44. The molecule has 1 heterocycles. The Labute approximate surface area is 126 Å². The molecule has 0 amide bonds. The van der Waals surface area contributed by atoms with E-state index < -0.39 is 11.7 Å². The van der Waals surface area contributed by atoms with Crippen LogP contribution in [0.5, 0.6) is 0 Å². The molecule has 4 nitrogen and oxygen atoms in total. The zero-order valence-electron chi connectivity index (χ0n) is 13.5. The van der Waals surface area contributed by atoms with Crippen molar-refractivity contribution in [2.75, 3.05) is 7.11 Å². The number of rotatable bonds is 7. The van der Waals surface area contributed by atoms with Crippen molar-refractivity contribution >= 4 is 11.0 Å². The summed E-state index contributed by atoms with van der Waals surface area (Å²) in [5.74, 6) is 0.925. The lowest BCUT2D eigenvalue weighted by atomic mass is 9.88. The van der Waals surface area contributed by atoms with Gasteiger partial charge in [0.2, 0.25) is 0 Å². The van der Waals surface area contributed by atoms with Gasteiger partial charge >= 0.3 is 0 Å². The Morgan fingerprint density at radius 1 is 1.24 bits per heavy atom. The van der Waals surface area contributed by atoms with Crippen LogP contribution in [-0.4, -0.2) is 33.5 Å². The molecule has 21 heavy (non-hydrogen) atoms. The van der Waals surface area contributed by atoms with Gasteiger partial charge in [-0.05, 0) is 31.9 Å². The number of benzene rings is 1. The topological polar surface area (TPSA) is 47.3 Å². The van der Waals surface area contributed by atoms with Crippen LogP contribution in [0.1, 0.15) is 39.4 Å². The molecule has 4 heteroatoms. The van der Waals surface area contributed by atoms with Gasteiger partial charge < -0.3 is 14.4 Å². The highest BCUT2D eigenvalue weighted by Crippen LogP contribution is 2.27. The molecule has 0 radical (unpaired) electrons. The maximum atomic E-state index is 10.7. The quantitative estimate of drug-likeness (QED) is 0.852. The van der Waals surface area contributed by atoms with Crippen molar-refractivity contribution in [1.82, 2.24) is 9.55 Å². The molecule has 0 bridgehead atoms. The molecule has 0 aliphatic heterocycles. The maximum absolute atomic E-state index is 10.7. The SMILES string of the molecule is CCn1c(CC(O)C(CC)(CC)OC)nc2ccccc21. The van der Waals surface area contributed by atoms with E-state index in [1.807, 2.05) is 18.2 Å². The average Bonchev–Trinajstić information content (AvgIpc) is 2.86. The van der Waals surface area contributed by atoms with Gasteiger partial charge in [0.05, 0.1) is 22.7 Å². The number of aryl methyl sites for hydroxylation is 1. The van der Waals surface area contributed by atoms with Crippen LogP contribution in [0.25, 0.3) is 11.0 Å². The smallest absolute Gasteiger partial charge is 0.112 e. The van der Waals surface area contributed by atoms with E-state index >= 15 is 0 Å². The van der Waals surface area contributed by atoms with E-state index in [2.05, 4.69) is 36.4 Å². The van der Waals surface area contributed by atoms with Gasteiger partial charge in [-0.2, -0.15) is 0 Å². The highest BCUT2D eigenvalue weighted by Gasteiger charge is 2.35. The fraction of sp³-hybridized carbons (Fsp3) is 0.588. The highest BCUT2D eigenvalue weighted by atomic mass is 16.5. The molecule has 0 saturated heterocycles. The fourth-order valence-electron chi connectivity index (χ4n) is 3.14. The molecule has 1 aromatic heterocycles. The summed E-state index contributed by atoms with van der Waals surface area (Å²) in [6.45, 7) is 7.06. The van der Waals surface area contributed by atoms with Crippen molar-refractivity contribution in [3.63, 3.8) is 0 Å². The van der Waals surface area contributed by atoms with Crippen LogP contribution in [-0.2, 0) is 17.7 Å². The van der Waals surface area contributed by atoms with Gasteiger partial charge in [0.15, 0.2) is 0 Å². The molecule has 0 aliphatic rings. The zero-order valence-corrected chi connectivity index (χ0v) is 13.5. The Morgan fingerprint density at radius 3 is 2.48 bits per heavy atom. The lowest BCUT2D eigenvalue weighted by Gasteiger charge is -2.35. The third-order valence-electron chi connectivity index (χ3n) is 4.64. The van der Waals surface area contributed by atoms with E-state index in [0.29, 0.717) is 6.42 Å². The summed E-state index contributed by atoms with van der Waals surface area (Å²) in [6, 6.07) is 8.10. The Kier molecular flexibility index (Phi) is 5.01. The second-order valence-electron chi connectivity index (χ2n) is 5.46. The first-order valence-electron chi connectivity index (χ1n) is 7.79. The summed E-state index contributed by atoms with van der Waals surface area (Å²) in [6.07, 6.45) is 1.53. The van der Waals surface area contributed by atoms with Gasteiger partial charge in [0, 0.05) is 20.1 Å². The standard InChI is InChI=1S/C17H26N2O2/c1-5-17(6-2,21-4)15(20)12-16-18-13-10-8-9-11-14(13)19(16)7-3/h8-11,15,20H,5-7,12H2,1-4H3. The first-order valence-corrected chi connectivity index (χ1v) is 7.79. The molecule has 1 aromatic carbocycles. The van der Waals surface area contributed by atoms with E-state index in [1.165, 1.54) is 0 Å². The van der Waals surface area contributed by atoms with E-state index in [9.17, 15) is 5.11 Å². The van der Waals surface area contributed by atoms with Crippen LogP contribution in [0.4, 0.5) is 0 Å². The van der Waals surface area contributed by atoms with Crippen LogP contribution in [0, 0.1) is 0 Å². The van der Waals surface area contributed by atoms with Gasteiger partial charge in [-0.25, -0.2) is 4.98 Å². The fourth-order valence-corrected chi connectivity index (χ4v) is 3.14. The number of hydrogen-bond donors (Lipinski definition) is 1. The van der Waals surface area contributed by atoms with E-state index in [1.54, 1.807) is 7.11 Å². The van der Waals surface area contributed by atoms with Crippen LogP contribution in [0.3, 0.4) is 0 Å². The first kappa shape index (κ1) is 16.0. The Morgan fingerprint density at radius 2 is 1.90 bits per heavy atom. The number of imidazole rings is 1. The Balaban J connectivity index is 2.35. The third kappa shape index (κ3) is 2.83. The number of nitrogens with zero attached hydrogens (tertiary/aromatic N) is 2. The van der Waals surface area contributed by atoms with Crippen molar-refractivity contribution < 1.29 is 9.84 Å². The molecule has 0 fully saturated rings. The number of aliphatic hydroxyl groups is 1. The molecule has 2 aromatic rings. The highest BCUT2D eigenvalue weighted by molar-refractivity contribution is 5.75. The van der Waals surface area contributed by atoms with E-state index in [-0.39, 0.29) is 0 Å². The van der Waals surface area contributed by atoms with E-state index in [4.69, 9.17) is 4.74 Å². The number of ether oxygens (including phenoxy) is 1. The molecule has 0 spiro atoms. The van der Waals surface area contributed by atoms with E-state index in [0.717, 1.165) is 36.2 Å². The summed E-state index contributed by atoms with van der Waals surface area (Å²) in [4.78, 5) is 4.69. The number of hydrogen-bond acceptors (Lipinski definition) is 3. The number of aliphatic hydroxyl groups excluding tert-OH is 1. The van der Waals surface area contributed by atoms with Crippen LogP contribution < -0.4 is 0 Å². The summed E-state index contributed by atoms with van der Waals surface area (Å²) in [7, 11) is 1.68. The van der Waals surface area contributed by atoms with Gasteiger partial charge in [-0.3, -0.25) is 0 Å². The minimum absolute atomic E-state index is 0.489. The Hall–Kier alpha value is -1.39. The van der Waals surface area contributed by atoms with Crippen molar-refractivity contribution in [3.05, 3.63) is 30.1 Å². The minimum Gasteiger partial charge on any atom is -0.390 e. The van der Waals surface area contributed by atoms with Crippen LogP contribution in [0.15, 0.2) is 24.3 Å². The number of methoxy groups -OCH3 is 1. The molecule has 2 rings (SSSR count). The number of para-hydroxylation sites is 2. The summed E-state index contributed by atoms with van der Waals surface area (Å²) >= 11 is 0. The van der Waals surface area contributed by atoms with Crippen LogP contribution in [0.2, 0.25) is 0 Å². The zero-order chi connectivity index (χ0) is 15.5. The predicted molar refractivity (Wildman–Crippen MR) is 85.4 cm³/mol. The summed E-state index contributed by atoms with van der Waals surface area (Å²) in [5, 5.41) is 10.7. The van der Waals surface area contributed by atoms with Crippen molar-refractivity contribution in [3.8, 4) is 0 Å². The first-order chi connectivity index (χ1) is 10.1. The van der Waals surface area contributed by atoms with Crippen molar-refractivity contribution in [1.29, 1.82) is 0 Å². The molecule has 0 saturated carbocycles.